The Bertz CT molecular complexity index is 1570. The number of aryl methyl sites for hydroxylation is 1. The number of ether oxygens (including phenoxy) is 1. The average Bonchev–Trinajstić information content (AvgIpc) is 2.95. The number of aliphatic carboxylic acids is 1. The number of phenolic OH excluding ortho intramolecular Hbond substituents is 1. The van der Waals surface area contributed by atoms with Gasteiger partial charge in [0.25, 0.3) is 5.91 Å². The second kappa shape index (κ2) is 14.0. The van der Waals surface area contributed by atoms with Crippen molar-refractivity contribution in [3.8, 4) is 33.9 Å². The van der Waals surface area contributed by atoms with Gasteiger partial charge < -0.3 is 25.2 Å². The lowest BCUT2D eigenvalue weighted by molar-refractivity contribution is -0.139. The molecule has 0 bridgehead atoms. The maximum absolute atomic E-state index is 13.3. The van der Waals surface area contributed by atoms with Crippen molar-refractivity contribution < 1.29 is 24.5 Å². The number of nitrogens with zero attached hydrogens (tertiary/aromatic N) is 2. The summed E-state index contributed by atoms with van der Waals surface area (Å²) in [6.07, 6.45) is 0.818. The highest BCUT2D eigenvalue weighted by Gasteiger charge is 2.23. The molecule has 1 aromatic heterocycles. The van der Waals surface area contributed by atoms with Crippen molar-refractivity contribution in [2.75, 3.05) is 27.2 Å². The van der Waals surface area contributed by atoms with Gasteiger partial charge in [-0.25, -0.2) is 9.78 Å². The first-order valence-corrected chi connectivity index (χ1v) is 14.0. The van der Waals surface area contributed by atoms with Crippen molar-refractivity contribution in [2.24, 2.45) is 0 Å². The summed E-state index contributed by atoms with van der Waals surface area (Å²) >= 11 is 6.46. The summed E-state index contributed by atoms with van der Waals surface area (Å²) in [5.41, 5.74) is 4.65. The first-order valence-electron chi connectivity index (χ1n) is 13.6. The molecule has 9 heteroatoms. The van der Waals surface area contributed by atoms with Gasteiger partial charge in [-0.2, -0.15) is 0 Å². The minimum Gasteiger partial charge on any atom is -0.508 e. The molecule has 8 nitrogen and oxygen atoms in total. The molecule has 3 aromatic carbocycles. The van der Waals surface area contributed by atoms with Crippen LogP contribution < -0.4 is 10.1 Å². The average molecular weight is 588 g/mol. The molecule has 1 amide bonds. The molecule has 218 valence electrons. The van der Waals surface area contributed by atoms with Gasteiger partial charge in [0.05, 0.1) is 17.3 Å². The molecule has 4 aromatic rings. The third kappa shape index (κ3) is 7.87. The van der Waals surface area contributed by atoms with E-state index in [0.29, 0.717) is 34.2 Å². The molecule has 0 unspecified atom stereocenters. The molecular formula is C33H34ClN3O5. The zero-order valence-corrected chi connectivity index (χ0v) is 24.6. The highest BCUT2D eigenvalue weighted by Crippen LogP contribution is 2.36. The normalized spacial score (nSPS) is 11.7. The van der Waals surface area contributed by atoms with E-state index in [9.17, 15) is 19.8 Å². The van der Waals surface area contributed by atoms with Crippen molar-refractivity contribution in [1.29, 1.82) is 0 Å². The van der Waals surface area contributed by atoms with E-state index in [0.717, 1.165) is 29.7 Å². The molecule has 1 atom stereocenters. The number of carboxylic acid groups (broad SMARTS) is 1. The number of amides is 1. The van der Waals surface area contributed by atoms with E-state index >= 15 is 0 Å². The van der Waals surface area contributed by atoms with Crippen LogP contribution in [0.5, 0.6) is 11.5 Å². The van der Waals surface area contributed by atoms with Gasteiger partial charge >= 0.3 is 5.97 Å². The minimum atomic E-state index is -1.22. The van der Waals surface area contributed by atoms with Crippen LogP contribution in [0, 0.1) is 6.92 Å². The zero-order valence-electron chi connectivity index (χ0n) is 23.8. The fourth-order valence-electron chi connectivity index (χ4n) is 4.57. The second-order valence-electron chi connectivity index (χ2n) is 10.3. The Morgan fingerprint density at radius 2 is 1.79 bits per heavy atom. The molecule has 1 heterocycles. The maximum Gasteiger partial charge on any atom is 0.326 e. The molecule has 0 saturated heterocycles. The Labute approximate surface area is 250 Å². The maximum atomic E-state index is 13.3. The molecule has 0 spiro atoms. The van der Waals surface area contributed by atoms with Gasteiger partial charge in [-0.3, -0.25) is 4.79 Å². The van der Waals surface area contributed by atoms with Crippen LogP contribution in [0.4, 0.5) is 0 Å². The smallest absolute Gasteiger partial charge is 0.326 e. The zero-order chi connectivity index (χ0) is 30.2. The van der Waals surface area contributed by atoms with Gasteiger partial charge in [0, 0.05) is 24.1 Å². The van der Waals surface area contributed by atoms with Crippen molar-refractivity contribution in [3.05, 3.63) is 101 Å². The van der Waals surface area contributed by atoms with Crippen LogP contribution in [0.25, 0.3) is 22.4 Å². The molecule has 0 aliphatic heterocycles. The summed E-state index contributed by atoms with van der Waals surface area (Å²) in [7, 11) is 4.00. The highest BCUT2D eigenvalue weighted by atomic mass is 35.5. The topological polar surface area (TPSA) is 112 Å². The fraction of sp³-hybridized carbons (Fsp3) is 0.242. The summed E-state index contributed by atoms with van der Waals surface area (Å²) in [5.74, 6) is -1.30. The van der Waals surface area contributed by atoms with E-state index in [1.807, 2.05) is 63.5 Å². The van der Waals surface area contributed by atoms with Gasteiger partial charge in [-0.05, 0) is 80.5 Å². The summed E-state index contributed by atoms with van der Waals surface area (Å²) in [6.45, 7) is 3.35. The van der Waals surface area contributed by atoms with Gasteiger partial charge in [-0.15, -0.1) is 0 Å². The highest BCUT2D eigenvalue weighted by molar-refractivity contribution is 6.32. The predicted octanol–water partition coefficient (Wildman–Crippen LogP) is 5.84. The third-order valence-corrected chi connectivity index (χ3v) is 7.04. The molecule has 0 aliphatic rings. The van der Waals surface area contributed by atoms with Crippen LogP contribution in [-0.4, -0.2) is 65.3 Å². The van der Waals surface area contributed by atoms with E-state index in [1.54, 1.807) is 24.3 Å². The molecular weight excluding hydrogens is 554 g/mol. The quantitative estimate of drug-likeness (QED) is 0.179. The monoisotopic (exact) mass is 587 g/mol. The summed E-state index contributed by atoms with van der Waals surface area (Å²) < 4.78 is 5.99. The first kappa shape index (κ1) is 30.6. The SMILES string of the molecule is Cc1ccccc1-c1ccc(C(=O)N[C@@H](Cc2cccc(O)c2)C(=O)O)nc1-c1ccc(Cl)c(OCCCN(C)C)c1. The van der Waals surface area contributed by atoms with Gasteiger partial charge in [0.2, 0.25) is 0 Å². The number of benzene rings is 3. The van der Waals surface area contributed by atoms with Crippen LogP contribution in [0.1, 0.15) is 28.0 Å². The largest absolute Gasteiger partial charge is 0.508 e. The van der Waals surface area contributed by atoms with Gasteiger partial charge in [0.15, 0.2) is 0 Å². The number of pyridine rings is 1. The van der Waals surface area contributed by atoms with E-state index in [-0.39, 0.29) is 17.9 Å². The lowest BCUT2D eigenvalue weighted by atomic mass is 9.95. The summed E-state index contributed by atoms with van der Waals surface area (Å²) in [6, 6.07) is 21.7. The number of halogens is 1. The number of carbonyl (C=O) groups is 2. The van der Waals surface area contributed by atoms with E-state index in [2.05, 4.69) is 10.2 Å². The molecule has 0 radical (unpaired) electrons. The number of aromatic hydroxyl groups is 1. The van der Waals surface area contributed by atoms with Crippen molar-refractivity contribution >= 4 is 23.5 Å². The van der Waals surface area contributed by atoms with E-state index < -0.39 is 17.9 Å². The number of nitrogens with one attached hydrogen (secondary N) is 1. The van der Waals surface area contributed by atoms with Crippen LogP contribution in [0.15, 0.2) is 78.9 Å². The molecule has 42 heavy (non-hydrogen) atoms. The van der Waals surface area contributed by atoms with Gasteiger partial charge in [0.1, 0.15) is 23.2 Å². The Morgan fingerprint density at radius 1 is 1.00 bits per heavy atom. The summed E-state index contributed by atoms with van der Waals surface area (Å²) in [4.78, 5) is 32.2. The third-order valence-electron chi connectivity index (χ3n) is 6.73. The van der Waals surface area contributed by atoms with Crippen LogP contribution >= 0.6 is 11.6 Å². The van der Waals surface area contributed by atoms with E-state index in [1.165, 1.54) is 12.1 Å². The van der Waals surface area contributed by atoms with Gasteiger partial charge in [-0.1, -0.05) is 54.1 Å². The van der Waals surface area contributed by atoms with Crippen LogP contribution in [-0.2, 0) is 11.2 Å². The Morgan fingerprint density at radius 3 is 2.50 bits per heavy atom. The number of rotatable bonds is 12. The fourth-order valence-corrected chi connectivity index (χ4v) is 4.75. The second-order valence-corrected chi connectivity index (χ2v) is 10.7. The van der Waals surface area contributed by atoms with E-state index in [4.69, 9.17) is 21.3 Å². The minimum absolute atomic E-state index is 0.00463. The molecule has 0 saturated carbocycles. The van der Waals surface area contributed by atoms with Crippen LogP contribution in [0.2, 0.25) is 5.02 Å². The van der Waals surface area contributed by atoms with Crippen molar-refractivity contribution in [3.63, 3.8) is 0 Å². The number of hydrogen-bond acceptors (Lipinski definition) is 6. The van der Waals surface area contributed by atoms with Crippen molar-refractivity contribution in [2.45, 2.75) is 25.8 Å². The number of carboxylic acids is 1. The number of aromatic nitrogens is 1. The molecule has 4 rings (SSSR count). The Hall–Kier alpha value is -4.40. The number of hydrogen-bond donors (Lipinski definition) is 3. The lowest BCUT2D eigenvalue weighted by Crippen LogP contribution is -2.42. The standard InChI is InChI=1S/C33H34ClN3O5/c1-21-8-4-5-11-25(21)26-13-15-28(32(39)36-29(33(40)41)19-22-9-6-10-24(38)18-22)35-31(26)23-12-14-27(34)30(20-23)42-17-7-16-37(2)3/h4-6,8-15,18,20,29,38H,7,16-17,19H2,1-3H3,(H,36,39)(H,40,41)/t29-/m0/s1. The number of phenols is 1. The predicted molar refractivity (Wildman–Crippen MR) is 164 cm³/mol. The molecule has 0 aliphatic carbocycles. The number of carbonyl (C=O) groups excluding carboxylic acids is 1. The van der Waals surface area contributed by atoms with Crippen LogP contribution in [0.3, 0.4) is 0 Å². The molecule has 0 fully saturated rings. The Kier molecular flexibility index (Phi) is 10.2. The first-order chi connectivity index (χ1) is 20.1. The Balaban J connectivity index is 1.69. The molecule has 3 N–H and O–H groups in total. The summed E-state index contributed by atoms with van der Waals surface area (Å²) in [5, 5.41) is 22.6. The van der Waals surface area contributed by atoms with Crippen molar-refractivity contribution in [1.82, 2.24) is 15.2 Å². The lowest BCUT2D eigenvalue weighted by Gasteiger charge is -2.17.